The van der Waals surface area contributed by atoms with Crippen LogP contribution >= 0.6 is 11.3 Å². The van der Waals surface area contributed by atoms with Gasteiger partial charge in [0, 0.05) is 29.9 Å². The molecule has 0 fully saturated rings. The summed E-state index contributed by atoms with van der Waals surface area (Å²) in [4.78, 5) is 20.7. The van der Waals surface area contributed by atoms with Crippen LogP contribution in [0.2, 0.25) is 0 Å². The molecule has 2 heterocycles. The normalized spacial score (nSPS) is 11.5. The summed E-state index contributed by atoms with van der Waals surface area (Å²) in [6.45, 7) is 2.76. The molecule has 4 rings (SSSR count). The molecule has 0 saturated carbocycles. The van der Waals surface area contributed by atoms with Crippen LogP contribution < -0.4 is 15.4 Å². The molecule has 6 nitrogen and oxygen atoms in total. The fourth-order valence-corrected chi connectivity index (χ4v) is 3.98. The molecule has 2 aromatic heterocycles. The van der Waals surface area contributed by atoms with Crippen molar-refractivity contribution in [3.8, 4) is 16.9 Å². The van der Waals surface area contributed by atoms with Gasteiger partial charge in [0.2, 0.25) is 0 Å². The van der Waals surface area contributed by atoms with Crippen LogP contribution in [0.1, 0.15) is 29.3 Å². The average Bonchev–Trinajstić information content (AvgIpc) is 3.32. The van der Waals surface area contributed by atoms with Crippen molar-refractivity contribution in [2.75, 3.05) is 0 Å². The van der Waals surface area contributed by atoms with Crippen molar-refractivity contribution in [1.29, 1.82) is 0 Å². The molecule has 1 atom stereocenters. The van der Waals surface area contributed by atoms with Crippen molar-refractivity contribution in [2.24, 2.45) is 0 Å². The fourth-order valence-electron chi connectivity index (χ4n) is 3.18. The number of nitrogens with one attached hydrogen (secondary N) is 2. The first-order valence-corrected chi connectivity index (χ1v) is 11.2. The van der Waals surface area contributed by atoms with E-state index in [2.05, 4.69) is 38.8 Å². The lowest BCUT2D eigenvalue weighted by atomic mass is 10.0. The van der Waals surface area contributed by atoms with Crippen molar-refractivity contribution in [1.82, 2.24) is 20.6 Å². The van der Waals surface area contributed by atoms with Gasteiger partial charge in [-0.15, -0.1) is 11.3 Å². The zero-order valence-corrected chi connectivity index (χ0v) is 18.5. The third-order valence-corrected chi connectivity index (χ3v) is 5.85. The molecule has 0 aliphatic carbocycles. The molecule has 32 heavy (non-hydrogen) atoms. The van der Waals surface area contributed by atoms with Crippen LogP contribution in [0.5, 0.6) is 5.75 Å². The number of carbonyl (C=O) groups excluding carboxylic acids is 1. The molecule has 2 N–H and O–H groups in total. The SMILES string of the molecule is CC(Oc1ccccc1-c1ccccc1)c1nc(CNC(=O)NCc2cccnc2)cs1. The monoisotopic (exact) mass is 444 g/mol. The van der Waals surface area contributed by atoms with E-state index in [0.717, 1.165) is 33.1 Å². The fraction of sp³-hybridized carbons (Fsp3) is 0.160. The van der Waals surface area contributed by atoms with Gasteiger partial charge in [-0.05, 0) is 30.2 Å². The lowest BCUT2D eigenvalue weighted by Gasteiger charge is -2.16. The number of amides is 2. The highest BCUT2D eigenvalue weighted by Gasteiger charge is 2.15. The summed E-state index contributed by atoms with van der Waals surface area (Å²) < 4.78 is 6.25. The van der Waals surface area contributed by atoms with Gasteiger partial charge in [0.1, 0.15) is 16.9 Å². The predicted octanol–water partition coefficient (Wildman–Crippen LogP) is 5.34. The molecule has 162 valence electrons. The molecule has 0 spiro atoms. The van der Waals surface area contributed by atoms with Crippen molar-refractivity contribution >= 4 is 17.4 Å². The van der Waals surface area contributed by atoms with Crippen LogP contribution in [0.4, 0.5) is 4.79 Å². The van der Waals surface area contributed by atoms with E-state index < -0.39 is 0 Å². The number of aromatic nitrogens is 2. The highest BCUT2D eigenvalue weighted by molar-refractivity contribution is 7.09. The first-order valence-electron chi connectivity index (χ1n) is 10.3. The molecule has 2 aromatic carbocycles. The maximum Gasteiger partial charge on any atom is 0.315 e. The summed E-state index contributed by atoms with van der Waals surface area (Å²) >= 11 is 1.52. The van der Waals surface area contributed by atoms with E-state index >= 15 is 0 Å². The number of pyridine rings is 1. The predicted molar refractivity (Wildman–Crippen MR) is 126 cm³/mol. The van der Waals surface area contributed by atoms with Crippen LogP contribution in [-0.2, 0) is 13.1 Å². The Kier molecular flexibility index (Phi) is 7.09. The van der Waals surface area contributed by atoms with Crippen molar-refractivity contribution < 1.29 is 9.53 Å². The smallest absolute Gasteiger partial charge is 0.315 e. The summed E-state index contributed by atoms with van der Waals surface area (Å²) in [5, 5.41) is 8.45. The highest BCUT2D eigenvalue weighted by Crippen LogP contribution is 2.33. The molecule has 4 aromatic rings. The summed E-state index contributed by atoms with van der Waals surface area (Å²) in [6, 6.07) is 21.7. The Bertz CT molecular complexity index is 1150. The van der Waals surface area contributed by atoms with Crippen molar-refractivity contribution in [2.45, 2.75) is 26.1 Å². The Hall–Kier alpha value is -3.71. The maximum absolute atomic E-state index is 12.1. The van der Waals surface area contributed by atoms with E-state index in [1.807, 2.05) is 60.8 Å². The summed E-state index contributed by atoms with van der Waals surface area (Å²) in [5.74, 6) is 0.816. The van der Waals surface area contributed by atoms with Crippen molar-refractivity contribution in [3.63, 3.8) is 0 Å². The summed E-state index contributed by atoms with van der Waals surface area (Å²) in [7, 11) is 0. The molecule has 7 heteroatoms. The van der Waals surface area contributed by atoms with E-state index in [4.69, 9.17) is 4.74 Å². The number of nitrogens with zero attached hydrogens (tertiary/aromatic N) is 2. The van der Waals surface area contributed by atoms with Crippen LogP contribution in [-0.4, -0.2) is 16.0 Å². The zero-order chi connectivity index (χ0) is 22.2. The second kappa shape index (κ2) is 10.5. The van der Waals surface area contributed by atoms with Gasteiger partial charge in [-0.1, -0.05) is 54.6 Å². The Morgan fingerprint density at radius 1 is 1.00 bits per heavy atom. The minimum Gasteiger partial charge on any atom is -0.483 e. The van der Waals surface area contributed by atoms with E-state index in [-0.39, 0.29) is 12.1 Å². The summed E-state index contributed by atoms with van der Waals surface area (Å²) in [5.41, 5.74) is 3.90. The second-order valence-electron chi connectivity index (χ2n) is 7.20. The number of hydrogen-bond donors (Lipinski definition) is 2. The molecule has 1 unspecified atom stereocenters. The number of rotatable bonds is 8. The topological polar surface area (TPSA) is 76.1 Å². The average molecular weight is 445 g/mol. The van der Waals surface area contributed by atoms with E-state index in [9.17, 15) is 4.79 Å². The number of benzene rings is 2. The van der Waals surface area contributed by atoms with Gasteiger partial charge in [-0.2, -0.15) is 0 Å². The number of thiazole rings is 1. The molecule has 0 aliphatic heterocycles. The molecule has 0 bridgehead atoms. The van der Waals surface area contributed by atoms with Crippen molar-refractivity contribution in [3.05, 3.63) is 101 Å². The van der Waals surface area contributed by atoms with Crippen LogP contribution in [0.15, 0.2) is 84.5 Å². The van der Waals surface area contributed by atoms with Crippen LogP contribution in [0, 0.1) is 0 Å². The van der Waals surface area contributed by atoms with Gasteiger partial charge < -0.3 is 15.4 Å². The molecule has 0 radical (unpaired) electrons. The molecule has 0 saturated heterocycles. The first kappa shape index (κ1) is 21.5. The van der Waals surface area contributed by atoms with Gasteiger partial charge in [-0.3, -0.25) is 4.98 Å². The highest BCUT2D eigenvalue weighted by atomic mass is 32.1. The van der Waals surface area contributed by atoms with Gasteiger partial charge in [-0.25, -0.2) is 9.78 Å². The minimum absolute atomic E-state index is 0.210. The third kappa shape index (κ3) is 5.70. The second-order valence-corrected chi connectivity index (χ2v) is 8.09. The number of hydrogen-bond acceptors (Lipinski definition) is 5. The van der Waals surface area contributed by atoms with E-state index in [1.165, 1.54) is 11.3 Å². The van der Waals surface area contributed by atoms with E-state index in [0.29, 0.717) is 13.1 Å². The zero-order valence-electron chi connectivity index (χ0n) is 17.7. The van der Waals surface area contributed by atoms with Crippen LogP contribution in [0.25, 0.3) is 11.1 Å². The Morgan fingerprint density at radius 3 is 2.59 bits per heavy atom. The largest absolute Gasteiger partial charge is 0.483 e. The van der Waals surface area contributed by atoms with Gasteiger partial charge in [0.05, 0.1) is 12.2 Å². The number of ether oxygens (including phenoxy) is 1. The van der Waals surface area contributed by atoms with E-state index in [1.54, 1.807) is 12.4 Å². The third-order valence-electron chi connectivity index (χ3n) is 4.80. The Labute approximate surface area is 191 Å². The molecule has 0 aliphatic rings. The molecule has 2 amide bonds. The lowest BCUT2D eigenvalue weighted by molar-refractivity contribution is 0.227. The van der Waals surface area contributed by atoms with Gasteiger partial charge in [0.25, 0.3) is 0 Å². The number of para-hydroxylation sites is 1. The number of carbonyl (C=O) groups is 1. The minimum atomic E-state index is -0.246. The molecular formula is C25H24N4O2S. The standard InChI is InChI=1S/C25H24N4O2S/c1-18(31-23-12-6-5-11-22(23)20-9-3-2-4-10-20)24-29-21(17-32-24)16-28-25(30)27-15-19-8-7-13-26-14-19/h2-14,17-18H,15-16H2,1H3,(H2,27,28,30). The van der Waals surface area contributed by atoms with Gasteiger partial charge >= 0.3 is 6.03 Å². The van der Waals surface area contributed by atoms with Gasteiger partial charge in [0.15, 0.2) is 0 Å². The number of urea groups is 1. The Balaban J connectivity index is 1.32. The quantitative estimate of drug-likeness (QED) is 0.384. The first-order chi connectivity index (χ1) is 15.7. The lowest BCUT2D eigenvalue weighted by Crippen LogP contribution is -2.34. The summed E-state index contributed by atoms with van der Waals surface area (Å²) in [6.07, 6.45) is 3.22. The Morgan fingerprint density at radius 2 is 1.78 bits per heavy atom. The maximum atomic E-state index is 12.1. The van der Waals surface area contributed by atoms with Crippen LogP contribution in [0.3, 0.4) is 0 Å². The molecular weight excluding hydrogens is 420 g/mol.